The zero-order valence-electron chi connectivity index (χ0n) is 13.7. The van der Waals surface area contributed by atoms with Gasteiger partial charge in [0.1, 0.15) is 0 Å². The van der Waals surface area contributed by atoms with Gasteiger partial charge >= 0.3 is 0 Å². The number of hydrogen-bond donors (Lipinski definition) is 1. The molecule has 7 atom stereocenters. The van der Waals surface area contributed by atoms with E-state index in [1.165, 1.54) is 44.9 Å². The number of ether oxygens (including phenoxy) is 1. The van der Waals surface area contributed by atoms with Gasteiger partial charge in [-0.1, -0.05) is 19.3 Å². The van der Waals surface area contributed by atoms with Crippen molar-refractivity contribution in [3.8, 4) is 0 Å². The minimum atomic E-state index is -0.390. The molecule has 1 amide bonds. The summed E-state index contributed by atoms with van der Waals surface area (Å²) in [5.74, 6) is 2.61. The maximum absolute atomic E-state index is 13.3. The standard InChI is InChI=1S/C19H27NO3/c21-16-12-8-13-15-14(12)18(22)20(9-10-6-7-10)19(15,23-17(13)16)11-4-2-1-3-5-11/h10-17,21H,1-9H2. The highest BCUT2D eigenvalue weighted by Crippen LogP contribution is 2.70. The molecule has 1 N–H and O–H groups in total. The van der Waals surface area contributed by atoms with Crippen LogP contribution in [0, 0.1) is 35.5 Å². The van der Waals surface area contributed by atoms with Gasteiger partial charge in [0.2, 0.25) is 5.91 Å². The lowest BCUT2D eigenvalue weighted by molar-refractivity contribution is -0.202. The van der Waals surface area contributed by atoms with E-state index in [4.69, 9.17) is 4.74 Å². The maximum atomic E-state index is 13.3. The van der Waals surface area contributed by atoms with Crippen molar-refractivity contribution < 1.29 is 14.6 Å². The Morgan fingerprint density at radius 1 is 1.13 bits per heavy atom. The SMILES string of the molecule is O=C1C2C3CC4C(OC(C5CCCCC5)(C42)N1CC1CC1)C3O. The van der Waals surface area contributed by atoms with Crippen molar-refractivity contribution >= 4 is 5.91 Å². The number of carbonyl (C=O) groups excluding carboxylic acids is 1. The number of nitrogens with zero attached hydrogens (tertiary/aromatic N) is 1. The second-order valence-corrected chi connectivity index (χ2v) is 9.17. The van der Waals surface area contributed by atoms with Crippen molar-refractivity contribution in [1.82, 2.24) is 4.90 Å². The molecule has 4 aliphatic carbocycles. The smallest absolute Gasteiger partial charge is 0.228 e. The Kier molecular flexibility index (Phi) is 2.56. The predicted octanol–water partition coefficient (Wildman–Crippen LogP) is 2.16. The number of aliphatic hydroxyl groups excluding tert-OH is 1. The van der Waals surface area contributed by atoms with Crippen molar-refractivity contribution in [1.29, 1.82) is 0 Å². The fraction of sp³-hybridized carbons (Fsp3) is 0.947. The van der Waals surface area contributed by atoms with Crippen LogP contribution in [0.3, 0.4) is 0 Å². The number of aliphatic hydroxyl groups is 1. The quantitative estimate of drug-likeness (QED) is 0.868. The molecule has 2 heterocycles. The van der Waals surface area contributed by atoms with Crippen molar-refractivity contribution in [3.63, 3.8) is 0 Å². The van der Waals surface area contributed by atoms with E-state index in [0.29, 0.717) is 29.6 Å². The topological polar surface area (TPSA) is 49.8 Å². The van der Waals surface area contributed by atoms with Gasteiger partial charge in [0.15, 0.2) is 5.72 Å². The first-order valence-electron chi connectivity index (χ1n) is 9.89. The molecule has 2 aliphatic heterocycles. The van der Waals surface area contributed by atoms with Crippen molar-refractivity contribution in [2.24, 2.45) is 35.5 Å². The molecule has 7 unspecified atom stereocenters. The normalized spacial score (nSPS) is 54.5. The zero-order chi connectivity index (χ0) is 15.3. The predicted molar refractivity (Wildman–Crippen MR) is 83.2 cm³/mol. The summed E-state index contributed by atoms with van der Waals surface area (Å²) in [6, 6.07) is 0. The van der Waals surface area contributed by atoms with E-state index in [1.807, 2.05) is 0 Å². The number of rotatable bonds is 3. The third-order valence-corrected chi connectivity index (χ3v) is 8.15. The number of fused-ring (bicyclic) bond motifs is 2. The van der Waals surface area contributed by atoms with E-state index >= 15 is 0 Å². The Hall–Kier alpha value is -0.610. The van der Waals surface area contributed by atoms with Gasteiger partial charge in [0.05, 0.1) is 18.1 Å². The van der Waals surface area contributed by atoms with E-state index in [9.17, 15) is 9.90 Å². The molecule has 6 fully saturated rings. The Balaban J connectivity index is 1.46. The third-order valence-electron chi connectivity index (χ3n) is 8.15. The lowest BCUT2D eigenvalue weighted by Gasteiger charge is -2.46. The zero-order valence-corrected chi connectivity index (χ0v) is 13.7. The van der Waals surface area contributed by atoms with E-state index in [0.717, 1.165) is 13.0 Å². The lowest BCUT2D eigenvalue weighted by Crippen LogP contribution is -2.56. The molecule has 6 aliphatic rings. The number of hydrogen-bond acceptors (Lipinski definition) is 3. The minimum absolute atomic E-state index is 0.0120. The van der Waals surface area contributed by atoms with E-state index in [-0.39, 0.29) is 23.7 Å². The van der Waals surface area contributed by atoms with E-state index < -0.39 is 6.10 Å². The first kappa shape index (κ1) is 13.7. The Labute approximate surface area is 137 Å². The molecule has 2 bridgehead atoms. The highest BCUT2D eigenvalue weighted by Gasteiger charge is 2.79. The van der Waals surface area contributed by atoms with Gasteiger partial charge < -0.3 is 14.7 Å². The summed E-state index contributed by atoms with van der Waals surface area (Å²) < 4.78 is 6.74. The Morgan fingerprint density at radius 2 is 1.91 bits per heavy atom. The molecule has 4 heteroatoms. The van der Waals surface area contributed by atoms with Gasteiger partial charge in [-0.15, -0.1) is 0 Å². The van der Waals surface area contributed by atoms with Crippen LogP contribution in [0.15, 0.2) is 0 Å². The summed E-state index contributed by atoms with van der Waals surface area (Å²) >= 11 is 0. The van der Waals surface area contributed by atoms with E-state index in [2.05, 4.69) is 4.90 Å². The molecule has 2 saturated heterocycles. The van der Waals surface area contributed by atoms with Crippen molar-refractivity contribution in [2.45, 2.75) is 69.3 Å². The van der Waals surface area contributed by atoms with Crippen LogP contribution >= 0.6 is 0 Å². The monoisotopic (exact) mass is 317 g/mol. The lowest BCUT2D eigenvalue weighted by atomic mass is 9.70. The van der Waals surface area contributed by atoms with Crippen LogP contribution in [0.2, 0.25) is 0 Å². The molecule has 0 aromatic rings. The van der Waals surface area contributed by atoms with Crippen LogP contribution < -0.4 is 0 Å². The van der Waals surface area contributed by atoms with Crippen LogP contribution in [-0.2, 0) is 9.53 Å². The molecular weight excluding hydrogens is 290 g/mol. The largest absolute Gasteiger partial charge is 0.390 e. The summed E-state index contributed by atoms with van der Waals surface area (Å²) in [4.78, 5) is 15.5. The van der Waals surface area contributed by atoms with Crippen LogP contribution in [0.4, 0.5) is 0 Å². The van der Waals surface area contributed by atoms with Gasteiger partial charge in [-0.3, -0.25) is 4.79 Å². The van der Waals surface area contributed by atoms with Gasteiger partial charge in [0.25, 0.3) is 0 Å². The molecular formula is C19H27NO3. The fourth-order valence-corrected chi connectivity index (χ4v) is 7.17. The highest BCUT2D eigenvalue weighted by atomic mass is 16.6. The van der Waals surface area contributed by atoms with Crippen molar-refractivity contribution in [2.75, 3.05) is 6.54 Å². The summed E-state index contributed by atoms with van der Waals surface area (Å²) in [6.45, 7) is 0.921. The summed E-state index contributed by atoms with van der Waals surface area (Å²) in [6.07, 6.45) is 9.50. The minimum Gasteiger partial charge on any atom is -0.390 e. The molecule has 4 nitrogen and oxygen atoms in total. The molecule has 0 radical (unpaired) electrons. The molecule has 23 heavy (non-hydrogen) atoms. The molecule has 126 valence electrons. The first-order valence-corrected chi connectivity index (χ1v) is 9.89. The highest BCUT2D eigenvalue weighted by molar-refractivity contribution is 5.84. The first-order chi connectivity index (χ1) is 11.2. The average molecular weight is 317 g/mol. The summed E-state index contributed by atoms with van der Waals surface area (Å²) in [7, 11) is 0. The molecule has 6 rings (SSSR count). The van der Waals surface area contributed by atoms with Gasteiger partial charge in [0, 0.05) is 18.4 Å². The number of amides is 1. The van der Waals surface area contributed by atoms with Gasteiger partial charge in [-0.25, -0.2) is 0 Å². The fourth-order valence-electron chi connectivity index (χ4n) is 7.17. The third kappa shape index (κ3) is 1.49. The Morgan fingerprint density at radius 3 is 2.65 bits per heavy atom. The average Bonchev–Trinajstić information content (AvgIpc) is 3.03. The Bertz CT molecular complexity index is 555. The molecule has 0 aromatic heterocycles. The van der Waals surface area contributed by atoms with Crippen LogP contribution in [0.1, 0.15) is 51.4 Å². The summed E-state index contributed by atoms with van der Waals surface area (Å²) in [5, 5.41) is 10.6. The van der Waals surface area contributed by atoms with Crippen LogP contribution in [-0.4, -0.2) is 40.4 Å². The van der Waals surface area contributed by atoms with Gasteiger partial charge in [-0.2, -0.15) is 0 Å². The molecule has 0 spiro atoms. The number of carbonyl (C=O) groups is 1. The molecule has 0 aromatic carbocycles. The summed E-state index contributed by atoms with van der Waals surface area (Å²) in [5.41, 5.74) is -0.341. The second-order valence-electron chi connectivity index (χ2n) is 9.17. The maximum Gasteiger partial charge on any atom is 0.228 e. The molecule has 4 saturated carbocycles. The van der Waals surface area contributed by atoms with E-state index in [1.54, 1.807) is 0 Å². The van der Waals surface area contributed by atoms with Crippen molar-refractivity contribution in [3.05, 3.63) is 0 Å². The van der Waals surface area contributed by atoms with Crippen LogP contribution in [0.25, 0.3) is 0 Å². The van der Waals surface area contributed by atoms with Gasteiger partial charge in [-0.05, 0) is 49.9 Å². The van der Waals surface area contributed by atoms with Crippen LogP contribution in [0.5, 0.6) is 0 Å². The number of likely N-dealkylation sites (tertiary alicyclic amines) is 1. The second kappa shape index (κ2) is 4.32.